The molecule has 28 heavy (non-hydrogen) atoms. The van der Waals surface area contributed by atoms with Crippen molar-refractivity contribution in [2.24, 2.45) is 0 Å². The smallest absolute Gasteiger partial charge is 0.325 e. The Morgan fingerprint density at radius 1 is 1.11 bits per heavy atom. The maximum Gasteiger partial charge on any atom is 0.325 e. The average molecular weight is 396 g/mol. The first-order chi connectivity index (χ1) is 13.6. The van der Waals surface area contributed by atoms with Crippen molar-refractivity contribution in [3.05, 3.63) is 67.0 Å². The van der Waals surface area contributed by atoms with Crippen LogP contribution in [0.15, 0.2) is 72.1 Å². The van der Waals surface area contributed by atoms with Crippen molar-refractivity contribution in [2.75, 3.05) is 12.4 Å². The van der Waals surface area contributed by atoms with E-state index in [4.69, 9.17) is 4.74 Å². The predicted octanol–water partition coefficient (Wildman–Crippen LogP) is 3.71. The van der Waals surface area contributed by atoms with Gasteiger partial charge in [0.15, 0.2) is 5.16 Å². The number of methoxy groups -OCH3 is 1. The molecule has 0 fully saturated rings. The molecule has 8 heteroatoms. The van der Waals surface area contributed by atoms with Crippen molar-refractivity contribution >= 4 is 29.4 Å². The summed E-state index contributed by atoms with van der Waals surface area (Å²) in [5, 5.41) is 5.11. The molecule has 0 aliphatic heterocycles. The summed E-state index contributed by atoms with van der Waals surface area (Å²) >= 11 is 1.27. The minimum atomic E-state index is -0.567. The maximum atomic E-state index is 12.4. The third kappa shape index (κ3) is 4.92. The van der Waals surface area contributed by atoms with Crippen LogP contribution >= 0.6 is 11.8 Å². The van der Waals surface area contributed by atoms with Crippen LogP contribution in [-0.4, -0.2) is 33.8 Å². The van der Waals surface area contributed by atoms with Crippen LogP contribution in [0, 0.1) is 0 Å². The number of imidazole rings is 1. The second kappa shape index (κ2) is 9.09. The number of para-hydroxylation sites is 1. The highest BCUT2D eigenvalue weighted by molar-refractivity contribution is 8.00. The molecule has 3 aromatic rings. The Kier molecular flexibility index (Phi) is 6.33. The first-order valence-corrected chi connectivity index (χ1v) is 9.46. The average Bonchev–Trinajstić information content (AvgIpc) is 3.16. The molecule has 7 nitrogen and oxygen atoms in total. The van der Waals surface area contributed by atoms with Gasteiger partial charge in [0, 0.05) is 23.8 Å². The van der Waals surface area contributed by atoms with Crippen molar-refractivity contribution < 1.29 is 14.3 Å². The molecule has 144 valence electrons. The SMILES string of the molecule is COc1ccc(-n2ccnc2SC(C)C(=O)NC(=O)Nc2ccccc2)cc1. The number of hydrogen-bond donors (Lipinski definition) is 2. The molecule has 1 heterocycles. The lowest BCUT2D eigenvalue weighted by molar-refractivity contribution is -0.119. The van der Waals surface area contributed by atoms with Crippen LogP contribution in [0.4, 0.5) is 10.5 Å². The monoisotopic (exact) mass is 396 g/mol. The molecule has 0 radical (unpaired) electrons. The zero-order valence-corrected chi connectivity index (χ0v) is 16.3. The van der Waals surface area contributed by atoms with E-state index in [9.17, 15) is 9.59 Å². The third-order valence-electron chi connectivity index (χ3n) is 3.88. The van der Waals surface area contributed by atoms with Gasteiger partial charge in [0.2, 0.25) is 5.91 Å². The molecule has 2 N–H and O–H groups in total. The van der Waals surface area contributed by atoms with Crippen LogP contribution in [0.3, 0.4) is 0 Å². The molecule has 0 saturated heterocycles. The van der Waals surface area contributed by atoms with Crippen LogP contribution in [-0.2, 0) is 4.79 Å². The van der Waals surface area contributed by atoms with Crippen LogP contribution in [0.2, 0.25) is 0 Å². The zero-order chi connectivity index (χ0) is 19.9. The van der Waals surface area contributed by atoms with Crippen LogP contribution < -0.4 is 15.4 Å². The van der Waals surface area contributed by atoms with E-state index in [1.807, 2.05) is 41.1 Å². The largest absolute Gasteiger partial charge is 0.497 e. The van der Waals surface area contributed by atoms with Gasteiger partial charge < -0.3 is 10.1 Å². The summed E-state index contributed by atoms with van der Waals surface area (Å²) in [6.45, 7) is 1.73. The minimum absolute atomic E-state index is 0.400. The summed E-state index contributed by atoms with van der Waals surface area (Å²) in [7, 11) is 1.61. The number of carbonyl (C=O) groups is 2. The fraction of sp³-hybridized carbons (Fsp3) is 0.150. The zero-order valence-electron chi connectivity index (χ0n) is 15.5. The number of imide groups is 1. The van der Waals surface area contributed by atoms with Crippen LogP contribution in [0.5, 0.6) is 5.75 Å². The Labute approximate surface area is 167 Å². The van der Waals surface area contributed by atoms with Gasteiger partial charge in [-0.3, -0.25) is 14.7 Å². The van der Waals surface area contributed by atoms with E-state index in [-0.39, 0.29) is 0 Å². The van der Waals surface area contributed by atoms with E-state index in [1.54, 1.807) is 44.5 Å². The van der Waals surface area contributed by atoms with Crippen molar-refractivity contribution in [3.63, 3.8) is 0 Å². The van der Waals surface area contributed by atoms with E-state index in [0.29, 0.717) is 10.8 Å². The Bertz CT molecular complexity index is 942. The number of carbonyl (C=O) groups excluding carboxylic acids is 2. The highest BCUT2D eigenvalue weighted by Gasteiger charge is 2.20. The molecule has 3 rings (SSSR count). The number of thioether (sulfide) groups is 1. The molecule has 0 aliphatic rings. The number of nitrogens with one attached hydrogen (secondary N) is 2. The van der Waals surface area contributed by atoms with E-state index in [1.165, 1.54) is 11.8 Å². The fourth-order valence-electron chi connectivity index (χ4n) is 2.43. The second-order valence-corrected chi connectivity index (χ2v) is 7.16. The van der Waals surface area contributed by atoms with Gasteiger partial charge in [-0.25, -0.2) is 9.78 Å². The van der Waals surface area contributed by atoms with E-state index in [2.05, 4.69) is 15.6 Å². The lowest BCUT2D eigenvalue weighted by Gasteiger charge is -2.13. The highest BCUT2D eigenvalue weighted by Crippen LogP contribution is 2.25. The van der Waals surface area contributed by atoms with Crippen LogP contribution in [0.1, 0.15) is 6.92 Å². The van der Waals surface area contributed by atoms with E-state index in [0.717, 1.165) is 11.4 Å². The van der Waals surface area contributed by atoms with Crippen molar-refractivity contribution in [1.82, 2.24) is 14.9 Å². The Morgan fingerprint density at radius 2 is 1.82 bits per heavy atom. The van der Waals surface area contributed by atoms with E-state index < -0.39 is 17.2 Å². The molecule has 1 atom stereocenters. The number of hydrogen-bond acceptors (Lipinski definition) is 5. The first-order valence-electron chi connectivity index (χ1n) is 8.58. The number of amides is 3. The number of nitrogens with zero attached hydrogens (tertiary/aromatic N) is 2. The summed E-state index contributed by atoms with van der Waals surface area (Å²) in [6, 6.07) is 15.9. The predicted molar refractivity (Wildman–Crippen MR) is 109 cm³/mol. The Hall–Kier alpha value is -3.26. The topological polar surface area (TPSA) is 85.2 Å². The lowest BCUT2D eigenvalue weighted by atomic mass is 10.3. The molecule has 3 amide bonds. The minimum Gasteiger partial charge on any atom is -0.497 e. The number of ether oxygens (including phenoxy) is 1. The van der Waals surface area contributed by atoms with Crippen molar-refractivity contribution in [2.45, 2.75) is 17.3 Å². The van der Waals surface area contributed by atoms with E-state index >= 15 is 0 Å². The molecular weight excluding hydrogens is 376 g/mol. The van der Waals surface area contributed by atoms with Gasteiger partial charge in [-0.05, 0) is 43.3 Å². The number of anilines is 1. The summed E-state index contributed by atoms with van der Waals surface area (Å²) in [5.41, 5.74) is 1.51. The van der Waals surface area contributed by atoms with Gasteiger partial charge >= 0.3 is 6.03 Å². The molecule has 1 unspecified atom stereocenters. The highest BCUT2D eigenvalue weighted by atomic mass is 32.2. The van der Waals surface area contributed by atoms with Gasteiger partial charge in [0.25, 0.3) is 0 Å². The number of aromatic nitrogens is 2. The third-order valence-corrected chi connectivity index (χ3v) is 4.96. The number of urea groups is 1. The molecule has 0 aliphatic carbocycles. The van der Waals surface area contributed by atoms with Gasteiger partial charge in [-0.2, -0.15) is 0 Å². The molecule has 2 aromatic carbocycles. The fourth-order valence-corrected chi connectivity index (χ4v) is 3.31. The normalized spacial score (nSPS) is 11.5. The standard InChI is InChI=1S/C20H20N4O3S/c1-14(18(25)23-19(26)22-15-6-4-3-5-7-15)28-20-21-12-13-24(20)16-8-10-17(27-2)11-9-16/h3-14H,1-2H3,(H2,22,23,25,26). The van der Waals surface area contributed by atoms with Crippen molar-refractivity contribution in [1.29, 1.82) is 0 Å². The number of rotatable bonds is 6. The van der Waals surface area contributed by atoms with Gasteiger partial charge in [0.1, 0.15) is 5.75 Å². The molecule has 0 saturated carbocycles. The summed E-state index contributed by atoms with van der Waals surface area (Å²) in [5.74, 6) is 0.359. The Balaban J connectivity index is 1.61. The van der Waals surface area contributed by atoms with Gasteiger partial charge in [-0.1, -0.05) is 30.0 Å². The maximum absolute atomic E-state index is 12.4. The molecule has 0 spiro atoms. The van der Waals surface area contributed by atoms with Crippen LogP contribution in [0.25, 0.3) is 5.69 Å². The lowest BCUT2D eigenvalue weighted by Crippen LogP contribution is -2.38. The van der Waals surface area contributed by atoms with Gasteiger partial charge in [-0.15, -0.1) is 0 Å². The quantitative estimate of drug-likeness (QED) is 0.621. The second-order valence-electron chi connectivity index (χ2n) is 5.85. The van der Waals surface area contributed by atoms with Gasteiger partial charge in [0.05, 0.1) is 12.4 Å². The summed E-state index contributed by atoms with van der Waals surface area (Å²) in [4.78, 5) is 28.7. The van der Waals surface area contributed by atoms with Crippen molar-refractivity contribution in [3.8, 4) is 11.4 Å². The summed E-state index contributed by atoms with van der Waals surface area (Å²) in [6.07, 6.45) is 3.48. The molecule has 1 aromatic heterocycles. The Morgan fingerprint density at radius 3 is 2.50 bits per heavy atom. The summed E-state index contributed by atoms with van der Waals surface area (Å²) < 4.78 is 7.04. The molecule has 0 bridgehead atoms. The first kappa shape index (κ1) is 19.5. The molecular formula is C20H20N4O3S. The number of benzene rings is 2.